The number of carbonyl (C=O) groups is 1. The van der Waals surface area contributed by atoms with Crippen LogP contribution in [0.5, 0.6) is 0 Å². The Balaban J connectivity index is 1.76. The number of para-hydroxylation sites is 1. The van der Waals surface area contributed by atoms with Gasteiger partial charge in [-0.2, -0.15) is 13.2 Å². The van der Waals surface area contributed by atoms with Crippen LogP contribution in [0, 0.1) is 13.8 Å². The fourth-order valence-corrected chi connectivity index (χ4v) is 3.67. The van der Waals surface area contributed by atoms with Crippen LogP contribution < -0.4 is 5.32 Å². The molecule has 1 aromatic heterocycles. The summed E-state index contributed by atoms with van der Waals surface area (Å²) in [4.78, 5) is 12.3. The summed E-state index contributed by atoms with van der Waals surface area (Å²) in [6.07, 6.45) is -4.64. The molecule has 10 heteroatoms. The minimum Gasteiger partial charge on any atom is -0.325 e. The minimum absolute atomic E-state index is 0.0634. The first kappa shape index (κ1) is 21.2. The Kier molecular flexibility index (Phi) is 6.18. The summed E-state index contributed by atoms with van der Waals surface area (Å²) in [5.74, 6) is -0.0942. The van der Waals surface area contributed by atoms with Gasteiger partial charge < -0.3 is 5.32 Å². The van der Waals surface area contributed by atoms with Gasteiger partial charge in [-0.15, -0.1) is 10.2 Å². The Morgan fingerprint density at radius 3 is 2.59 bits per heavy atom. The smallest absolute Gasteiger partial charge is 0.325 e. The van der Waals surface area contributed by atoms with Crippen molar-refractivity contribution in [3.63, 3.8) is 0 Å². The summed E-state index contributed by atoms with van der Waals surface area (Å²) >= 11 is 6.74. The maximum Gasteiger partial charge on any atom is 0.418 e. The van der Waals surface area contributed by atoms with Crippen molar-refractivity contribution < 1.29 is 18.0 Å². The largest absolute Gasteiger partial charge is 0.418 e. The molecule has 2 aromatic carbocycles. The van der Waals surface area contributed by atoms with Gasteiger partial charge in [0, 0.05) is 5.02 Å². The summed E-state index contributed by atoms with van der Waals surface area (Å²) < 4.78 is 41.3. The molecule has 152 valence electrons. The lowest BCUT2D eigenvalue weighted by Crippen LogP contribution is -2.18. The summed E-state index contributed by atoms with van der Waals surface area (Å²) in [5.41, 5.74) is 0.527. The van der Waals surface area contributed by atoms with Crippen LogP contribution in [0.1, 0.15) is 17.0 Å². The topological polar surface area (TPSA) is 59.8 Å². The van der Waals surface area contributed by atoms with E-state index in [1.54, 1.807) is 11.5 Å². The van der Waals surface area contributed by atoms with Gasteiger partial charge in [0.05, 0.1) is 22.7 Å². The number of hydrogen-bond acceptors (Lipinski definition) is 4. The van der Waals surface area contributed by atoms with E-state index in [2.05, 4.69) is 15.5 Å². The molecule has 0 radical (unpaired) electrons. The van der Waals surface area contributed by atoms with E-state index in [-0.39, 0.29) is 16.5 Å². The number of thioether (sulfide) groups is 1. The Hall–Kier alpha value is -2.52. The van der Waals surface area contributed by atoms with Crippen molar-refractivity contribution in [2.24, 2.45) is 0 Å². The normalized spacial score (nSPS) is 11.5. The molecule has 0 aliphatic carbocycles. The summed E-state index contributed by atoms with van der Waals surface area (Å²) in [6.45, 7) is 3.72. The fourth-order valence-electron chi connectivity index (χ4n) is 2.70. The average molecular weight is 441 g/mol. The first-order chi connectivity index (χ1) is 13.7. The number of aryl methyl sites for hydroxylation is 2. The Morgan fingerprint density at radius 1 is 1.17 bits per heavy atom. The quantitative estimate of drug-likeness (QED) is 0.548. The zero-order chi connectivity index (χ0) is 21.2. The highest BCUT2D eigenvalue weighted by molar-refractivity contribution is 7.99. The van der Waals surface area contributed by atoms with Crippen molar-refractivity contribution in [3.8, 4) is 5.69 Å². The van der Waals surface area contributed by atoms with Crippen molar-refractivity contribution in [2.45, 2.75) is 25.2 Å². The van der Waals surface area contributed by atoms with E-state index >= 15 is 0 Å². The first-order valence-electron chi connectivity index (χ1n) is 8.44. The summed E-state index contributed by atoms with van der Waals surface area (Å²) in [6, 6.07) is 10.8. The van der Waals surface area contributed by atoms with Crippen LogP contribution in [0.2, 0.25) is 5.02 Å². The molecule has 0 saturated carbocycles. The third kappa shape index (κ3) is 4.91. The predicted molar refractivity (Wildman–Crippen MR) is 107 cm³/mol. The second-order valence-electron chi connectivity index (χ2n) is 6.18. The second kappa shape index (κ2) is 8.46. The van der Waals surface area contributed by atoms with Crippen LogP contribution >= 0.6 is 23.4 Å². The molecular weight excluding hydrogens is 425 g/mol. The summed E-state index contributed by atoms with van der Waals surface area (Å²) in [5, 5.41) is 10.8. The van der Waals surface area contributed by atoms with E-state index in [1.807, 2.05) is 31.2 Å². The third-order valence-corrected chi connectivity index (χ3v) is 5.21. The van der Waals surface area contributed by atoms with Crippen molar-refractivity contribution in [3.05, 3.63) is 64.4 Å². The zero-order valence-corrected chi connectivity index (χ0v) is 17.0. The molecule has 0 spiro atoms. The number of amides is 1. The van der Waals surface area contributed by atoms with E-state index in [1.165, 1.54) is 6.07 Å². The standard InChI is InChI=1S/C19H16ClF3N4OS/c1-11-5-3-4-6-16(11)27-12(2)25-26-18(27)29-10-17(28)24-15-8-7-13(20)9-14(15)19(21,22)23/h3-9H,10H2,1-2H3,(H,24,28). The molecule has 0 fully saturated rings. The van der Waals surface area contributed by atoms with Crippen LogP contribution in [0.3, 0.4) is 0 Å². The van der Waals surface area contributed by atoms with Gasteiger partial charge in [0.25, 0.3) is 0 Å². The summed E-state index contributed by atoms with van der Waals surface area (Å²) in [7, 11) is 0. The molecular formula is C19H16ClF3N4OS. The molecule has 29 heavy (non-hydrogen) atoms. The number of aromatic nitrogens is 3. The molecule has 0 unspecified atom stereocenters. The lowest BCUT2D eigenvalue weighted by Gasteiger charge is -2.14. The number of benzene rings is 2. The van der Waals surface area contributed by atoms with Crippen LogP contribution in [0.15, 0.2) is 47.6 Å². The molecule has 1 amide bonds. The van der Waals surface area contributed by atoms with Crippen molar-refractivity contribution in [2.75, 3.05) is 11.1 Å². The van der Waals surface area contributed by atoms with Crippen LogP contribution in [-0.2, 0) is 11.0 Å². The zero-order valence-electron chi connectivity index (χ0n) is 15.4. The van der Waals surface area contributed by atoms with Crippen LogP contribution in [0.25, 0.3) is 5.69 Å². The molecule has 0 aliphatic rings. The van der Waals surface area contributed by atoms with Gasteiger partial charge in [-0.1, -0.05) is 41.6 Å². The molecule has 3 aromatic rings. The SMILES string of the molecule is Cc1ccccc1-n1c(C)nnc1SCC(=O)Nc1ccc(Cl)cc1C(F)(F)F. The minimum atomic E-state index is -4.64. The molecule has 1 heterocycles. The predicted octanol–water partition coefficient (Wildman–Crippen LogP) is 5.29. The first-order valence-corrected chi connectivity index (χ1v) is 9.80. The molecule has 0 bridgehead atoms. The number of rotatable bonds is 5. The number of halogens is 4. The monoisotopic (exact) mass is 440 g/mol. The molecule has 0 aliphatic heterocycles. The maximum absolute atomic E-state index is 13.2. The van der Waals surface area contributed by atoms with E-state index in [0.717, 1.165) is 35.1 Å². The van der Waals surface area contributed by atoms with Gasteiger partial charge in [-0.3, -0.25) is 9.36 Å². The molecule has 0 atom stereocenters. The Morgan fingerprint density at radius 2 is 1.90 bits per heavy atom. The van der Waals surface area contributed by atoms with E-state index < -0.39 is 17.6 Å². The highest BCUT2D eigenvalue weighted by Gasteiger charge is 2.34. The van der Waals surface area contributed by atoms with E-state index in [0.29, 0.717) is 11.0 Å². The van der Waals surface area contributed by atoms with Gasteiger partial charge >= 0.3 is 6.18 Å². The molecule has 3 rings (SSSR count). The van der Waals surface area contributed by atoms with Crippen molar-refractivity contribution in [1.82, 2.24) is 14.8 Å². The Labute approximate surface area is 174 Å². The molecule has 0 saturated heterocycles. The van der Waals surface area contributed by atoms with Crippen molar-refractivity contribution in [1.29, 1.82) is 0 Å². The number of nitrogens with zero attached hydrogens (tertiary/aromatic N) is 3. The lowest BCUT2D eigenvalue weighted by molar-refractivity contribution is -0.137. The van der Waals surface area contributed by atoms with Crippen molar-refractivity contribution >= 4 is 35.0 Å². The molecule has 5 nitrogen and oxygen atoms in total. The van der Waals surface area contributed by atoms with Gasteiger partial charge in [-0.25, -0.2) is 0 Å². The maximum atomic E-state index is 13.2. The number of anilines is 1. The highest BCUT2D eigenvalue weighted by atomic mass is 35.5. The van der Waals surface area contributed by atoms with E-state index in [4.69, 9.17) is 11.6 Å². The van der Waals surface area contributed by atoms with Crippen LogP contribution in [0.4, 0.5) is 18.9 Å². The molecule has 1 N–H and O–H groups in total. The van der Waals surface area contributed by atoms with Gasteiger partial charge in [0.1, 0.15) is 5.82 Å². The lowest BCUT2D eigenvalue weighted by atomic mass is 10.1. The third-order valence-electron chi connectivity index (χ3n) is 4.04. The number of carbonyl (C=O) groups excluding carboxylic acids is 1. The van der Waals surface area contributed by atoms with Gasteiger partial charge in [0.15, 0.2) is 5.16 Å². The van der Waals surface area contributed by atoms with E-state index in [9.17, 15) is 18.0 Å². The van der Waals surface area contributed by atoms with Crippen LogP contribution in [-0.4, -0.2) is 26.4 Å². The average Bonchev–Trinajstić information content (AvgIpc) is 3.01. The van der Waals surface area contributed by atoms with Gasteiger partial charge in [-0.05, 0) is 43.7 Å². The van der Waals surface area contributed by atoms with Gasteiger partial charge in [0.2, 0.25) is 5.91 Å². The number of alkyl halides is 3. The highest BCUT2D eigenvalue weighted by Crippen LogP contribution is 2.36. The Bertz CT molecular complexity index is 1050. The second-order valence-corrected chi connectivity index (χ2v) is 7.56. The number of hydrogen-bond donors (Lipinski definition) is 1. The fraction of sp³-hybridized carbons (Fsp3) is 0.211. The number of nitrogens with one attached hydrogen (secondary N) is 1.